The summed E-state index contributed by atoms with van der Waals surface area (Å²) in [5, 5.41) is 16.3. The number of carbonyl (C=O) groups is 1. The van der Waals surface area contributed by atoms with Crippen LogP contribution in [0.15, 0.2) is 22.7 Å². The summed E-state index contributed by atoms with van der Waals surface area (Å²) in [5.41, 5.74) is 0.336. The summed E-state index contributed by atoms with van der Waals surface area (Å²) in [6, 6.07) is 4.02. The lowest BCUT2D eigenvalue weighted by molar-refractivity contribution is 0.0698. The number of benzene rings is 1. The van der Waals surface area contributed by atoms with Crippen LogP contribution in [0.3, 0.4) is 0 Å². The van der Waals surface area contributed by atoms with E-state index in [1.54, 1.807) is 0 Å². The Kier molecular flexibility index (Phi) is 4.18. The van der Waals surface area contributed by atoms with Gasteiger partial charge >= 0.3 is 5.97 Å². The van der Waals surface area contributed by atoms with E-state index in [0.29, 0.717) is 18.0 Å². The fourth-order valence-electron chi connectivity index (χ4n) is 2.55. The first-order chi connectivity index (χ1) is 11.1. The summed E-state index contributed by atoms with van der Waals surface area (Å²) in [6.45, 7) is 0.666. The quantitative estimate of drug-likeness (QED) is 0.848. The molecule has 7 heteroatoms. The van der Waals surface area contributed by atoms with Crippen molar-refractivity contribution in [1.29, 1.82) is 0 Å². The first-order valence-corrected chi connectivity index (χ1v) is 7.41. The number of halogens is 1. The third-order valence-electron chi connectivity index (χ3n) is 4.10. The van der Waals surface area contributed by atoms with Gasteiger partial charge in [-0.3, -0.25) is 0 Å². The molecule has 1 heterocycles. The van der Waals surface area contributed by atoms with E-state index in [9.17, 15) is 14.3 Å². The Labute approximate surface area is 132 Å². The zero-order valence-corrected chi connectivity index (χ0v) is 12.6. The molecule has 0 bridgehead atoms. The highest BCUT2D eigenvalue weighted by molar-refractivity contribution is 5.99. The van der Waals surface area contributed by atoms with Crippen LogP contribution in [0, 0.1) is 11.7 Å². The first kappa shape index (κ1) is 15.3. The van der Waals surface area contributed by atoms with E-state index in [-0.39, 0.29) is 22.9 Å². The molecule has 1 saturated carbocycles. The van der Waals surface area contributed by atoms with Crippen molar-refractivity contribution in [1.82, 2.24) is 5.16 Å². The molecule has 0 saturated heterocycles. The number of aromatic carboxylic acids is 1. The number of nitrogens with zero attached hydrogens (tertiary/aromatic N) is 1. The van der Waals surface area contributed by atoms with E-state index in [2.05, 4.69) is 10.5 Å². The highest BCUT2D eigenvalue weighted by atomic mass is 19.1. The number of methoxy groups -OCH3 is 1. The van der Waals surface area contributed by atoms with E-state index in [4.69, 9.17) is 9.26 Å². The van der Waals surface area contributed by atoms with Crippen LogP contribution in [0.25, 0.3) is 11.3 Å². The van der Waals surface area contributed by atoms with Gasteiger partial charge in [0.2, 0.25) is 0 Å². The van der Waals surface area contributed by atoms with Crippen LogP contribution in [0.1, 0.15) is 29.6 Å². The molecule has 1 aliphatic carbocycles. The number of hydrogen-bond donors (Lipinski definition) is 2. The lowest BCUT2D eigenvalue weighted by Gasteiger charge is -2.25. The maximum absolute atomic E-state index is 13.5. The number of carboxylic acid groups (broad SMARTS) is 1. The highest BCUT2D eigenvalue weighted by Gasteiger charge is 2.26. The Balaban J connectivity index is 1.92. The SMILES string of the molecule is COc1cc(-c2onc(NCC3CCC3)c2C(=O)O)ccc1F. The maximum atomic E-state index is 13.5. The van der Waals surface area contributed by atoms with E-state index in [1.165, 1.54) is 31.7 Å². The lowest BCUT2D eigenvalue weighted by Crippen LogP contribution is -2.21. The van der Waals surface area contributed by atoms with Gasteiger partial charge in [0.05, 0.1) is 7.11 Å². The molecular weight excluding hydrogens is 303 g/mol. The number of ether oxygens (including phenoxy) is 1. The second kappa shape index (κ2) is 6.28. The molecule has 23 heavy (non-hydrogen) atoms. The molecule has 0 atom stereocenters. The molecule has 3 rings (SSSR count). The lowest BCUT2D eigenvalue weighted by atomic mass is 9.85. The Hall–Kier alpha value is -2.57. The number of anilines is 1. The monoisotopic (exact) mass is 320 g/mol. The fraction of sp³-hybridized carbons (Fsp3) is 0.375. The topological polar surface area (TPSA) is 84.6 Å². The summed E-state index contributed by atoms with van der Waals surface area (Å²) in [7, 11) is 1.34. The molecule has 0 radical (unpaired) electrons. The van der Waals surface area contributed by atoms with Gasteiger partial charge in [-0.05, 0) is 37.0 Å². The molecule has 1 fully saturated rings. The summed E-state index contributed by atoms with van der Waals surface area (Å²) in [4.78, 5) is 11.6. The molecule has 2 aromatic rings. The summed E-state index contributed by atoms with van der Waals surface area (Å²) in [5.74, 6) is -0.854. The van der Waals surface area contributed by atoms with Crippen LogP contribution in [0.2, 0.25) is 0 Å². The first-order valence-electron chi connectivity index (χ1n) is 7.41. The zero-order valence-electron chi connectivity index (χ0n) is 12.6. The maximum Gasteiger partial charge on any atom is 0.343 e. The van der Waals surface area contributed by atoms with Gasteiger partial charge in [0, 0.05) is 12.1 Å². The minimum absolute atomic E-state index is 0.0132. The van der Waals surface area contributed by atoms with Crippen molar-refractivity contribution < 1.29 is 23.6 Å². The predicted octanol–water partition coefficient (Wildman–Crippen LogP) is 3.40. The number of rotatable bonds is 6. The van der Waals surface area contributed by atoms with E-state index < -0.39 is 11.8 Å². The minimum Gasteiger partial charge on any atom is -0.494 e. The second-order valence-electron chi connectivity index (χ2n) is 5.57. The average molecular weight is 320 g/mol. The van der Waals surface area contributed by atoms with Crippen molar-refractivity contribution in [2.45, 2.75) is 19.3 Å². The third kappa shape index (κ3) is 2.99. The molecule has 2 N–H and O–H groups in total. The van der Waals surface area contributed by atoms with Gasteiger partial charge in [0.25, 0.3) is 0 Å². The van der Waals surface area contributed by atoms with E-state index >= 15 is 0 Å². The van der Waals surface area contributed by atoms with Crippen molar-refractivity contribution in [2.24, 2.45) is 5.92 Å². The van der Waals surface area contributed by atoms with Crippen LogP contribution in [0.4, 0.5) is 10.2 Å². The van der Waals surface area contributed by atoms with Crippen molar-refractivity contribution in [3.8, 4) is 17.1 Å². The van der Waals surface area contributed by atoms with Crippen LogP contribution >= 0.6 is 0 Å². The van der Waals surface area contributed by atoms with Gasteiger partial charge < -0.3 is 19.7 Å². The molecule has 0 amide bonds. The number of nitrogens with one attached hydrogen (secondary N) is 1. The van der Waals surface area contributed by atoms with Gasteiger partial charge in [-0.1, -0.05) is 11.6 Å². The molecule has 1 aromatic heterocycles. The van der Waals surface area contributed by atoms with Gasteiger partial charge in [0.15, 0.2) is 28.7 Å². The Morgan fingerprint density at radius 2 is 2.30 bits per heavy atom. The summed E-state index contributed by atoms with van der Waals surface area (Å²) in [6.07, 6.45) is 3.47. The molecule has 1 aromatic carbocycles. The molecule has 122 valence electrons. The number of hydrogen-bond acceptors (Lipinski definition) is 5. The molecular formula is C16H17FN2O4. The summed E-state index contributed by atoms with van der Waals surface area (Å²) >= 11 is 0. The molecule has 1 aliphatic rings. The normalized spacial score (nSPS) is 14.3. The van der Waals surface area contributed by atoms with Crippen molar-refractivity contribution in [2.75, 3.05) is 19.0 Å². The molecule has 0 aliphatic heterocycles. The second-order valence-corrected chi connectivity index (χ2v) is 5.57. The predicted molar refractivity (Wildman–Crippen MR) is 81.2 cm³/mol. The van der Waals surface area contributed by atoms with E-state index in [0.717, 1.165) is 12.8 Å². The smallest absolute Gasteiger partial charge is 0.343 e. The minimum atomic E-state index is -1.15. The van der Waals surface area contributed by atoms with Gasteiger partial charge in [0.1, 0.15) is 0 Å². The van der Waals surface area contributed by atoms with Crippen molar-refractivity contribution in [3.05, 3.63) is 29.6 Å². The van der Waals surface area contributed by atoms with Crippen LogP contribution in [-0.2, 0) is 0 Å². The number of aromatic nitrogens is 1. The Morgan fingerprint density at radius 3 is 2.91 bits per heavy atom. The zero-order chi connectivity index (χ0) is 16.4. The van der Waals surface area contributed by atoms with Gasteiger partial charge in [-0.2, -0.15) is 0 Å². The third-order valence-corrected chi connectivity index (χ3v) is 4.10. The van der Waals surface area contributed by atoms with Crippen LogP contribution < -0.4 is 10.1 Å². The largest absolute Gasteiger partial charge is 0.494 e. The van der Waals surface area contributed by atoms with Crippen molar-refractivity contribution in [3.63, 3.8) is 0 Å². The van der Waals surface area contributed by atoms with Gasteiger partial charge in [-0.25, -0.2) is 9.18 Å². The Bertz CT molecular complexity index is 725. The average Bonchev–Trinajstić information content (AvgIpc) is 2.90. The molecule has 6 nitrogen and oxygen atoms in total. The molecule has 0 unspecified atom stereocenters. The molecule has 0 spiro atoms. The fourth-order valence-corrected chi connectivity index (χ4v) is 2.55. The standard InChI is InChI=1S/C16H17FN2O4/c1-22-12-7-10(5-6-11(12)17)14-13(16(20)21)15(19-23-14)18-8-9-3-2-4-9/h5-7,9H,2-4,8H2,1H3,(H,18,19)(H,20,21). The van der Waals surface area contributed by atoms with Crippen LogP contribution in [-0.4, -0.2) is 29.9 Å². The van der Waals surface area contributed by atoms with E-state index in [1.807, 2.05) is 0 Å². The van der Waals surface area contributed by atoms with Crippen molar-refractivity contribution >= 4 is 11.8 Å². The van der Waals surface area contributed by atoms with Crippen LogP contribution in [0.5, 0.6) is 5.75 Å². The number of carboxylic acids is 1. The van der Waals surface area contributed by atoms with Gasteiger partial charge in [-0.15, -0.1) is 0 Å². The summed E-state index contributed by atoms with van der Waals surface area (Å²) < 4.78 is 23.6. The Morgan fingerprint density at radius 1 is 1.52 bits per heavy atom. The highest BCUT2D eigenvalue weighted by Crippen LogP contribution is 2.33.